The molecular formula is C9H21NO. The summed E-state index contributed by atoms with van der Waals surface area (Å²) in [5.41, 5.74) is 5.93. The molecule has 0 fully saturated rings. The van der Waals surface area contributed by atoms with E-state index in [1.165, 1.54) is 0 Å². The summed E-state index contributed by atoms with van der Waals surface area (Å²) in [6, 6.07) is 0.106. The highest BCUT2D eigenvalue weighted by Crippen LogP contribution is 2.23. The number of hydrogen-bond donors (Lipinski definition) is 1. The van der Waals surface area contributed by atoms with Gasteiger partial charge >= 0.3 is 0 Å². The van der Waals surface area contributed by atoms with E-state index in [-0.39, 0.29) is 17.6 Å². The van der Waals surface area contributed by atoms with Gasteiger partial charge in [0.25, 0.3) is 0 Å². The lowest BCUT2D eigenvalue weighted by molar-refractivity contribution is -0.0239. The smallest absolute Gasteiger partial charge is 0.0771 e. The standard InChI is InChI=1S/C9H21NO/c1-6-11-8(7(2)10)9(3,4)5/h7-8H,6,10H2,1-5H3/t7-,8?/m1/s1. The maximum atomic E-state index is 5.78. The van der Waals surface area contributed by atoms with Gasteiger partial charge in [0.1, 0.15) is 0 Å². The van der Waals surface area contributed by atoms with E-state index < -0.39 is 0 Å². The Morgan fingerprint density at radius 1 is 1.36 bits per heavy atom. The Morgan fingerprint density at radius 2 is 1.82 bits per heavy atom. The van der Waals surface area contributed by atoms with Crippen LogP contribution in [0.25, 0.3) is 0 Å². The molecule has 0 radical (unpaired) electrons. The highest BCUT2D eigenvalue weighted by molar-refractivity contribution is 4.81. The first-order valence-corrected chi connectivity index (χ1v) is 4.26. The van der Waals surface area contributed by atoms with Crippen LogP contribution in [0.2, 0.25) is 0 Å². The van der Waals surface area contributed by atoms with Crippen molar-refractivity contribution >= 4 is 0 Å². The minimum Gasteiger partial charge on any atom is -0.376 e. The fourth-order valence-corrected chi connectivity index (χ4v) is 1.37. The van der Waals surface area contributed by atoms with Crippen molar-refractivity contribution in [1.82, 2.24) is 0 Å². The second kappa shape index (κ2) is 4.07. The molecule has 0 aromatic rings. The molecule has 11 heavy (non-hydrogen) atoms. The molecule has 1 unspecified atom stereocenters. The van der Waals surface area contributed by atoms with Gasteiger partial charge in [0.2, 0.25) is 0 Å². The maximum Gasteiger partial charge on any atom is 0.0771 e. The van der Waals surface area contributed by atoms with Gasteiger partial charge in [-0.25, -0.2) is 0 Å². The second-order valence-electron chi connectivity index (χ2n) is 4.10. The molecule has 68 valence electrons. The molecule has 2 N–H and O–H groups in total. The average Bonchev–Trinajstić information content (AvgIpc) is 1.79. The minimum absolute atomic E-state index is 0.106. The lowest BCUT2D eigenvalue weighted by Crippen LogP contribution is -2.43. The van der Waals surface area contributed by atoms with Crippen LogP contribution in [-0.4, -0.2) is 18.8 Å². The Balaban J connectivity index is 4.10. The third kappa shape index (κ3) is 3.73. The first-order chi connectivity index (χ1) is 4.89. The molecule has 0 rings (SSSR count). The summed E-state index contributed by atoms with van der Waals surface area (Å²) in [7, 11) is 0. The molecule has 0 amide bonds. The predicted molar refractivity (Wildman–Crippen MR) is 48.5 cm³/mol. The van der Waals surface area contributed by atoms with Crippen molar-refractivity contribution in [2.24, 2.45) is 11.1 Å². The topological polar surface area (TPSA) is 35.2 Å². The van der Waals surface area contributed by atoms with Gasteiger partial charge in [-0.2, -0.15) is 0 Å². The zero-order valence-electron chi connectivity index (χ0n) is 8.35. The molecular weight excluding hydrogens is 138 g/mol. The van der Waals surface area contributed by atoms with Crippen molar-refractivity contribution in [2.75, 3.05) is 6.61 Å². The quantitative estimate of drug-likeness (QED) is 0.681. The Kier molecular flexibility index (Phi) is 4.04. The summed E-state index contributed by atoms with van der Waals surface area (Å²) in [4.78, 5) is 0. The van der Waals surface area contributed by atoms with Crippen molar-refractivity contribution in [3.63, 3.8) is 0 Å². The average molecular weight is 159 g/mol. The third-order valence-electron chi connectivity index (χ3n) is 1.68. The van der Waals surface area contributed by atoms with Crippen LogP contribution < -0.4 is 5.73 Å². The first kappa shape index (κ1) is 10.9. The molecule has 0 aliphatic heterocycles. The van der Waals surface area contributed by atoms with Gasteiger partial charge in [-0.05, 0) is 19.3 Å². The van der Waals surface area contributed by atoms with E-state index in [2.05, 4.69) is 20.8 Å². The van der Waals surface area contributed by atoms with E-state index in [4.69, 9.17) is 10.5 Å². The van der Waals surface area contributed by atoms with Crippen molar-refractivity contribution < 1.29 is 4.74 Å². The highest BCUT2D eigenvalue weighted by Gasteiger charge is 2.27. The summed E-state index contributed by atoms with van der Waals surface area (Å²) >= 11 is 0. The van der Waals surface area contributed by atoms with Gasteiger partial charge in [0.05, 0.1) is 6.10 Å². The molecule has 0 saturated heterocycles. The first-order valence-electron chi connectivity index (χ1n) is 4.26. The van der Waals surface area contributed by atoms with Crippen LogP contribution in [0.15, 0.2) is 0 Å². The molecule has 2 atom stereocenters. The zero-order valence-corrected chi connectivity index (χ0v) is 8.35. The van der Waals surface area contributed by atoms with E-state index in [0.717, 1.165) is 6.61 Å². The lowest BCUT2D eigenvalue weighted by atomic mass is 9.85. The third-order valence-corrected chi connectivity index (χ3v) is 1.68. The molecule has 0 saturated carbocycles. The Morgan fingerprint density at radius 3 is 1.91 bits per heavy atom. The molecule has 0 heterocycles. The van der Waals surface area contributed by atoms with Crippen LogP contribution in [0.3, 0.4) is 0 Å². The van der Waals surface area contributed by atoms with Gasteiger partial charge in [-0.3, -0.25) is 0 Å². The number of rotatable bonds is 3. The van der Waals surface area contributed by atoms with Gasteiger partial charge in [-0.1, -0.05) is 20.8 Å². The summed E-state index contributed by atoms with van der Waals surface area (Å²) < 4.78 is 5.54. The molecule has 2 nitrogen and oxygen atoms in total. The maximum absolute atomic E-state index is 5.78. The van der Waals surface area contributed by atoms with E-state index in [9.17, 15) is 0 Å². The molecule has 0 spiro atoms. The Labute approximate surface area is 70.1 Å². The minimum atomic E-state index is 0.106. The lowest BCUT2D eigenvalue weighted by Gasteiger charge is -2.33. The monoisotopic (exact) mass is 159 g/mol. The normalized spacial score (nSPS) is 18.0. The SMILES string of the molecule is CCOC([C@@H](C)N)C(C)(C)C. The van der Waals surface area contributed by atoms with Crippen LogP contribution in [0.4, 0.5) is 0 Å². The zero-order chi connectivity index (χ0) is 9.07. The van der Waals surface area contributed by atoms with Crippen LogP contribution in [0.1, 0.15) is 34.6 Å². The largest absolute Gasteiger partial charge is 0.376 e. The summed E-state index contributed by atoms with van der Waals surface area (Å²) in [6.07, 6.45) is 0.160. The second-order valence-corrected chi connectivity index (χ2v) is 4.10. The highest BCUT2D eigenvalue weighted by atomic mass is 16.5. The number of hydrogen-bond acceptors (Lipinski definition) is 2. The molecule has 0 aliphatic rings. The van der Waals surface area contributed by atoms with E-state index in [1.54, 1.807) is 0 Å². The molecule has 0 aromatic heterocycles. The van der Waals surface area contributed by atoms with Crippen molar-refractivity contribution in [3.05, 3.63) is 0 Å². The Bertz CT molecular complexity index is 105. The van der Waals surface area contributed by atoms with Gasteiger partial charge in [-0.15, -0.1) is 0 Å². The molecule has 0 bridgehead atoms. The van der Waals surface area contributed by atoms with Crippen LogP contribution in [0, 0.1) is 5.41 Å². The fraction of sp³-hybridized carbons (Fsp3) is 1.00. The fourth-order valence-electron chi connectivity index (χ4n) is 1.37. The van der Waals surface area contributed by atoms with Crippen LogP contribution >= 0.6 is 0 Å². The van der Waals surface area contributed by atoms with Gasteiger partial charge in [0, 0.05) is 12.6 Å². The Hall–Kier alpha value is -0.0800. The molecule has 2 heteroatoms. The number of nitrogens with two attached hydrogens (primary N) is 1. The van der Waals surface area contributed by atoms with Crippen molar-refractivity contribution in [1.29, 1.82) is 0 Å². The number of ether oxygens (including phenoxy) is 1. The van der Waals surface area contributed by atoms with Crippen LogP contribution in [0.5, 0.6) is 0 Å². The van der Waals surface area contributed by atoms with Crippen molar-refractivity contribution in [2.45, 2.75) is 46.8 Å². The molecule has 0 aliphatic carbocycles. The summed E-state index contributed by atoms with van der Waals surface area (Å²) in [6.45, 7) is 11.2. The van der Waals surface area contributed by atoms with Crippen LogP contribution in [-0.2, 0) is 4.74 Å². The summed E-state index contributed by atoms with van der Waals surface area (Å²) in [5, 5.41) is 0. The summed E-state index contributed by atoms with van der Waals surface area (Å²) in [5.74, 6) is 0. The predicted octanol–water partition coefficient (Wildman–Crippen LogP) is 1.78. The van der Waals surface area contributed by atoms with Crippen molar-refractivity contribution in [3.8, 4) is 0 Å². The van der Waals surface area contributed by atoms with Gasteiger partial charge in [0.15, 0.2) is 0 Å². The van der Waals surface area contributed by atoms with E-state index >= 15 is 0 Å². The van der Waals surface area contributed by atoms with Gasteiger partial charge < -0.3 is 10.5 Å². The molecule has 0 aromatic carbocycles. The van der Waals surface area contributed by atoms with E-state index in [0.29, 0.717) is 0 Å². The van der Waals surface area contributed by atoms with E-state index in [1.807, 2.05) is 13.8 Å².